The molecule has 2 aromatic carbocycles. The molecular weight excluding hydrogens is 356 g/mol. The number of H-pyrrole nitrogens is 1. The van der Waals surface area contributed by atoms with Crippen molar-refractivity contribution in [2.75, 3.05) is 6.54 Å². The number of benzene rings is 2. The van der Waals surface area contributed by atoms with Crippen LogP contribution in [0.25, 0.3) is 10.9 Å². The predicted molar refractivity (Wildman–Crippen MR) is 109 cm³/mol. The van der Waals surface area contributed by atoms with Gasteiger partial charge in [0.05, 0.1) is 9.79 Å². The second-order valence-electron chi connectivity index (χ2n) is 7.35. The van der Waals surface area contributed by atoms with E-state index in [2.05, 4.69) is 10.3 Å². The second kappa shape index (κ2) is 7.87. The van der Waals surface area contributed by atoms with Crippen LogP contribution in [-0.4, -0.2) is 26.0 Å². The molecule has 2 N–H and O–H groups in total. The van der Waals surface area contributed by atoms with Gasteiger partial charge >= 0.3 is 0 Å². The van der Waals surface area contributed by atoms with E-state index in [-0.39, 0.29) is 0 Å². The van der Waals surface area contributed by atoms with Crippen LogP contribution in [0.15, 0.2) is 64.5 Å². The van der Waals surface area contributed by atoms with Crippen LogP contribution in [0.4, 0.5) is 0 Å². The first-order chi connectivity index (χ1) is 13.2. The summed E-state index contributed by atoms with van der Waals surface area (Å²) in [7, 11) is -3.54. The van der Waals surface area contributed by atoms with Gasteiger partial charge in [-0.2, -0.15) is 0 Å². The molecule has 0 saturated heterocycles. The molecule has 5 heteroatoms. The van der Waals surface area contributed by atoms with Crippen molar-refractivity contribution in [3.05, 3.63) is 60.3 Å². The van der Waals surface area contributed by atoms with Crippen LogP contribution in [0.5, 0.6) is 0 Å². The zero-order valence-electron chi connectivity index (χ0n) is 15.4. The second-order valence-corrected chi connectivity index (χ2v) is 9.27. The highest BCUT2D eigenvalue weighted by Crippen LogP contribution is 2.31. The van der Waals surface area contributed by atoms with E-state index in [9.17, 15) is 8.42 Å². The Balaban J connectivity index is 1.61. The Morgan fingerprint density at radius 3 is 2.52 bits per heavy atom. The van der Waals surface area contributed by atoms with Crippen molar-refractivity contribution in [2.24, 2.45) is 0 Å². The van der Waals surface area contributed by atoms with Crippen molar-refractivity contribution in [3.8, 4) is 0 Å². The number of sulfone groups is 1. The highest BCUT2D eigenvalue weighted by molar-refractivity contribution is 7.91. The van der Waals surface area contributed by atoms with E-state index in [0.717, 1.165) is 29.4 Å². The lowest BCUT2D eigenvalue weighted by Crippen LogP contribution is -2.32. The van der Waals surface area contributed by atoms with Crippen molar-refractivity contribution in [3.63, 3.8) is 0 Å². The van der Waals surface area contributed by atoms with Crippen molar-refractivity contribution in [2.45, 2.75) is 54.4 Å². The fraction of sp³-hybridized carbons (Fsp3) is 0.364. The Hall–Kier alpha value is -2.11. The van der Waals surface area contributed by atoms with Gasteiger partial charge in [0.15, 0.2) is 0 Å². The van der Waals surface area contributed by atoms with E-state index < -0.39 is 9.84 Å². The van der Waals surface area contributed by atoms with Gasteiger partial charge in [-0.25, -0.2) is 8.42 Å². The molecular formula is C22H26N2O2S. The monoisotopic (exact) mass is 382 g/mol. The lowest BCUT2D eigenvalue weighted by molar-refractivity contribution is 0.376. The molecule has 0 spiro atoms. The topological polar surface area (TPSA) is 62.0 Å². The zero-order valence-corrected chi connectivity index (χ0v) is 16.3. The summed E-state index contributed by atoms with van der Waals surface area (Å²) in [5, 5.41) is 4.48. The van der Waals surface area contributed by atoms with Crippen molar-refractivity contribution < 1.29 is 8.42 Å². The van der Waals surface area contributed by atoms with Gasteiger partial charge in [0.1, 0.15) is 0 Å². The van der Waals surface area contributed by atoms with E-state index >= 15 is 0 Å². The van der Waals surface area contributed by atoms with E-state index in [1.807, 2.05) is 24.3 Å². The number of nitrogens with one attached hydrogen (secondary N) is 2. The standard InChI is InChI=1S/C22H26N2O2S/c25-27(26,19-11-5-2-6-12-19)21-16-24-20-13-7-8-17(22(20)21)14-15-23-18-9-3-1-4-10-18/h2,5-8,11-13,16,18,23-24H,1,3-4,9-10,14-15H2. The molecule has 0 amide bonds. The SMILES string of the molecule is O=S(=O)(c1ccccc1)c1c[nH]c2cccc(CCNC3CCCCC3)c12. The molecule has 3 aromatic rings. The van der Waals surface area contributed by atoms with Crippen LogP contribution in [0.3, 0.4) is 0 Å². The van der Waals surface area contributed by atoms with Crippen LogP contribution in [0, 0.1) is 0 Å². The molecule has 4 rings (SSSR count). The van der Waals surface area contributed by atoms with Crippen LogP contribution in [0.1, 0.15) is 37.7 Å². The Kier molecular flexibility index (Phi) is 5.32. The molecule has 1 heterocycles. The van der Waals surface area contributed by atoms with Gasteiger partial charge in [0, 0.05) is 23.1 Å². The van der Waals surface area contributed by atoms with Crippen LogP contribution in [-0.2, 0) is 16.3 Å². The minimum absolute atomic E-state index is 0.334. The maximum Gasteiger partial charge on any atom is 0.208 e. The van der Waals surface area contributed by atoms with Gasteiger partial charge in [-0.15, -0.1) is 0 Å². The number of hydrogen-bond acceptors (Lipinski definition) is 3. The summed E-state index contributed by atoms with van der Waals surface area (Å²) in [5.41, 5.74) is 1.95. The average Bonchev–Trinajstić information content (AvgIpc) is 3.15. The highest BCUT2D eigenvalue weighted by Gasteiger charge is 2.23. The number of aromatic nitrogens is 1. The largest absolute Gasteiger partial charge is 0.360 e. The quantitative estimate of drug-likeness (QED) is 0.661. The normalized spacial score (nSPS) is 16.0. The van der Waals surface area contributed by atoms with Crippen molar-refractivity contribution in [1.82, 2.24) is 10.3 Å². The molecule has 1 aromatic heterocycles. The summed E-state index contributed by atoms with van der Waals surface area (Å²) in [6.45, 7) is 0.875. The number of hydrogen-bond donors (Lipinski definition) is 2. The van der Waals surface area contributed by atoms with Crippen LogP contribution < -0.4 is 5.32 Å². The van der Waals surface area contributed by atoms with Gasteiger partial charge in [0.25, 0.3) is 0 Å². The Bertz CT molecular complexity index is 1000. The molecule has 0 radical (unpaired) electrons. The summed E-state index contributed by atoms with van der Waals surface area (Å²) < 4.78 is 26.3. The first-order valence-electron chi connectivity index (χ1n) is 9.79. The molecule has 142 valence electrons. The van der Waals surface area contributed by atoms with Gasteiger partial charge in [-0.1, -0.05) is 49.6 Å². The Labute approximate surface area is 160 Å². The number of fused-ring (bicyclic) bond motifs is 1. The lowest BCUT2D eigenvalue weighted by atomic mass is 9.95. The highest BCUT2D eigenvalue weighted by atomic mass is 32.2. The zero-order chi connectivity index (χ0) is 18.7. The summed E-state index contributed by atoms with van der Waals surface area (Å²) in [6, 6.07) is 15.2. The Morgan fingerprint density at radius 1 is 0.963 bits per heavy atom. The fourth-order valence-corrected chi connectivity index (χ4v) is 5.58. The van der Waals surface area contributed by atoms with Gasteiger partial charge in [-0.3, -0.25) is 0 Å². The predicted octanol–water partition coefficient (Wildman–Crippen LogP) is 4.47. The van der Waals surface area contributed by atoms with Gasteiger partial charge < -0.3 is 10.3 Å². The molecule has 0 unspecified atom stereocenters. The summed E-state index contributed by atoms with van der Waals surface area (Å²) in [5.74, 6) is 0. The minimum atomic E-state index is -3.54. The molecule has 0 bridgehead atoms. The maximum atomic E-state index is 13.1. The Morgan fingerprint density at radius 2 is 1.74 bits per heavy atom. The summed E-state index contributed by atoms with van der Waals surface area (Å²) in [4.78, 5) is 3.85. The average molecular weight is 383 g/mol. The molecule has 1 saturated carbocycles. The summed E-state index contributed by atoms with van der Waals surface area (Å²) >= 11 is 0. The third-order valence-electron chi connectivity index (χ3n) is 5.53. The number of aromatic amines is 1. The first-order valence-corrected chi connectivity index (χ1v) is 11.3. The first kappa shape index (κ1) is 18.3. The minimum Gasteiger partial charge on any atom is -0.360 e. The van der Waals surface area contributed by atoms with Crippen molar-refractivity contribution in [1.29, 1.82) is 0 Å². The van der Waals surface area contributed by atoms with Gasteiger partial charge in [0.2, 0.25) is 9.84 Å². The summed E-state index contributed by atoms with van der Waals surface area (Å²) in [6.07, 6.45) is 8.93. The van der Waals surface area contributed by atoms with Crippen LogP contribution >= 0.6 is 0 Å². The lowest BCUT2D eigenvalue weighted by Gasteiger charge is -2.22. The smallest absolute Gasteiger partial charge is 0.208 e. The van der Waals surface area contributed by atoms with E-state index in [1.54, 1.807) is 30.5 Å². The third kappa shape index (κ3) is 3.80. The van der Waals surface area contributed by atoms with E-state index in [4.69, 9.17) is 0 Å². The molecule has 0 atom stereocenters. The van der Waals surface area contributed by atoms with Gasteiger partial charge in [-0.05, 0) is 49.6 Å². The molecule has 1 aliphatic carbocycles. The van der Waals surface area contributed by atoms with E-state index in [0.29, 0.717) is 15.8 Å². The molecule has 4 nitrogen and oxygen atoms in total. The molecule has 0 aliphatic heterocycles. The molecule has 1 fully saturated rings. The molecule has 1 aliphatic rings. The maximum absolute atomic E-state index is 13.1. The van der Waals surface area contributed by atoms with Crippen LogP contribution in [0.2, 0.25) is 0 Å². The third-order valence-corrected chi connectivity index (χ3v) is 7.33. The number of rotatable bonds is 6. The van der Waals surface area contributed by atoms with E-state index in [1.165, 1.54) is 32.1 Å². The van der Waals surface area contributed by atoms with Crippen molar-refractivity contribution >= 4 is 20.7 Å². The fourth-order valence-electron chi connectivity index (χ4n) is 4.09. The molecule has 27 heavy (non-hydrogen) atoms.